The predicted octanol–water partition coefficient (Wildman–Crippen LogP) is 3.28. The summed E-state index contributed by atoms with van der Waals surface area (Å²) in [6.07, 6.45) is 8.61. The molecular formula is C16H32N2. The van der Waals surface area contributed by atoms with Gasteiger partial charge < -0.3 is 5.32 Å². The number of hydrogen-bond donors (Lipinski definition) is 1. The molecule has 2 fully saturated rings. The second-order valence-corrected chi connectivity index (χ2v) is 6.68. The fraction of sp³-hybridized carbons (Fsp3) is 1.00. The van der Waals surface area contributed by atoms with Crippen LogP contribution in [-0.2, 0) is 0 Å². The Morgan fingerprint density at radius 3 is 2.50 bits per heavy atom. The highest BCUT2D eigenvalue weighted by Gasteiger charge is 2.29. The average molecular weight is 252 g/mol. The van der Waals surface area contributed by atoms with Crippen molar-refractivity contribution >= 4 is 0 Å². The number of nitrogens with zero attached hydrogens (tertiary/aromatic N) is 1. The van der Waals surface area contributed by atoms with Gasteiger partial charge in [-0.15, -0.1) is 0 Å². The Balaban J connectivity index is 1.87. The molecule has 18 heavy (non-hydrogen) atoms. The number of rotatable bonds is 5. The number of nitrogens with one attached hydrogen (secondary N) is 1. The van der Waals surface area contributed by atoms with Crippen LogP contribution in [0.3, 0.4) is 0 Å². The SMILES string of the molecule is CCNC(CN1CCC(C)CC1C)C1CCCC1. The number of piperidine rings is 1. The maximum atomic E-state index is 3.76. The Kier molecular flexibility index (Phi) is 5.50. The summed E-state index contributed by atoms with van der Waals surface area (Å²) in [5.41, 5.74) is 0. The van der Waals surface area contributed by atoms with Crippen LogP contribution in [0.15, 0.2) is 0 Å². The van der Waals surface area contributed by atoms with Gasteiger partial charge in [-0.1, -0.05) is 26.7 Å². The first-order valence-electron chi connectivity index (χ1n) is 8.18. The first-order chi connectivity index (χ1) is 8.70. The number of likely N-dealkylation sites (tertiary alicyclic amines) is 1. The molecule has 1 aliphatic heterocycles. The number of likely N-dealkylation sites (N-methyl/N-ethyl adjacent to an activating group) is 1. The monoisotopic (exact) mass is 252 g/mol. The van der Waals surface area contributed by atoms with Gasteiger partial charge in [-0.3, -0.25) is 4.90 Å². The van der Waals surface area contributed by atoms with Crippen LogP contribution in [0.4, 0.5) is 0 Å². The van der Waals surface area contributed by atoms with E-state index >= 15 is 0 Å². The molecule has 0 aromatic carbocycles. The zero-order chi connectivity index (χ0) is 13.0. The van der Waals surface area contributed by atoms with Crippen molar-refractivity contribution in [2.24, 2.45) is 11.8 Å². The molecule has 0 amide bonds. The van der Waals surface area contributed by atoms with E-state index in [1.54, 1.807) is 0 Å². The van der Waals surface area contributed by atoms with Crippen molar-refractivity contribution in [3.63, 3.8) is 0 Å². The summed E-state index contributed by atoms with van der Waals surface area (Å²) in [6.45, 7) is 10.8. The van der Waals surface area contributed by atoms with Gasteiger partial charge >= 0.3 is 0 Å². The lowest BCUT2D eigenvalue weighted by atomic mass is 9.91. The van der Waals surface area contributed by atoms with Crippen LogP contribution in [0.2, 0.25) is 0 Å². The van der Waals surface area contributed by atoms with Gasteiger partial charge in [0.15, 0.2) is 0 Å². The third kappa shape index (κ3) is 3.71. The minimum atomic E-state index is 0.744. The lowest BCUT2D eigenvalue weighted by Gasteiger charge is -2.40. The van der Waals surface area contributed by atoms with Crippen molar-refractivity contribution < 1.29 is 0 Å². The van der Waals surface area contributed by atoms with Gasteiger partial charge in [-0.25, -0.2) is 0 Å². The minimum Gasteiger partial charge on any atom is -0.313 e. The van der Waals surface area contributed by atoms with Gasteiger partial charge in [0.25, 0.3) is 0 Å². The molecule has 2 nitrogen and oxygen atoms in total. The van der Waals surface area contributed by atoms with E-state index in [4.69, 9.17) is 0 Å². The average Bonchev–Trinajstić information content (AvgIpc) is 2.85. The molecule has 1 saturated heterocycles. The molecule has 2 rings (SSSR count). The van der Waals surface area contributed by atoms with Gasteiger partial charge in [0.2, 0.25) is 0 Å². The molecule has 3 unspecified atom stereocenters. The topological polar surface area (TPSA) is 15.3 Å². The fourth-order valence-corrected chi connectivity index (χ4v) is 3.98. The maximum absolute atomic E-state index is 3.76. The summed E-state index contributed by atoms with van der Waals surface area (Å²) in [7, 11) is 0. The molecular weight excluding hydrogens is 220 g/mol. The lowest BCUT2D eigenvalue weighted by Crippen LogP contribution is -2.50. The molecule has 0 spiro atoms. The van der Waals surface area contributed by atoms with Crippen LogP contribution < -0.4 is 5.32 Å². The van der Waals surface area contributed by atoms with Crippen LogP contribution in [-0.4, -0.2) is 36.6 Å². The second kappa shape index (κ2) is 6.91. The highest BCUT2D eigenvalue weighted by Crippen LogP contribution is 2.30. The molecule has 0 bridgehead atoms. The van der Waals surface area contributed by atoms with Crippen LogP contribution in [0, 0.1) is 11.8 Å². The summed E-state index contributed by atoms with van der Waals surface area (Å²) in [4.78, 5) is 2.74. The van der Waals surface area contributed by atoms with E-state index in [1.165, 1.54) is 51.6 Å². The van der Waals surface area contributed by atoms with Crippen molar-refractivity contribution in [3.8, 4) is 0 Å². The highest BCUT2D eigenvalue weighted by molar-refractivity contribution is 4.86. The molecule has 1 N–H and O–H groups in total. The van der Waals surface area contributed by atoms with Gasteiger partial charge in [0.05, 0.1) is 0 Å². The Morgan fingerprint density at radius 2 is 1.89 bits per heavy atom. The molecule has 1 aliphatic carbocycles. The van der Waals surface area contributed by atoms with Crippen LogP contribution in [0.5, 0.6) is 0 Å². The van der Waals surface area contributed by atoms with E-state index in [0.29, 0.717) is 0 Å². The van der Waals surface area contributed by atoms with Crippen molar-refractivity contribution in [1.82, 2.24) is 10.2 Å². The van der Waals surface area contributed by atoms with Crippen LogP contribution in [0.25, 0.3) is 0 Å². The van der Waals surface area contributed by atoms with Crippen molar-refractivity contribution in [2.75, 3.05) is 19.6 Å². The fourth-order valence-electron chi connectivity index (χ4n) is 3.98. The van der Waals surface area contributed by atoms with E-state index in [0.717, 1.165) is 30.5 Å². The third-order valence-electron chi connectivity index (χ3n) is 5.14. The van der Waals surface area contributed by atoms with Crippen molar-refractivity contribution in [2.45, 2.75) is 71.4 Å². The smallest absolute Gasteiger partial charge is 0.0223 e. The summed E-state index contributed by atoms with van der Waals surface area (Å²) < 4.78 is 0. The Hall–Kier alpha value is -0.0800. The van der Waals surface area contributed by atoms with Gasteiger partial charge in [0.1, 0.15) is 0 Å². The zero-order valence-electron chi connectivity index (χ0n) is 12.6. The van der Waals surface area contributed by atoms with Gasteiger partial charge in [-0.05, 0) is 57.5 Å². The van der Waals surface area contributed by atoms with Crippen LogP contribution in [0.1, 0.15) is 59.3 Å². The summed E-state index contributed by atoms with van der Waals surface area (Å²) in [6, 6.07) is 1.53. The zero-order valence-corrected chi connectivity index (χ0v) is 12.6. The summed E-state index contributed by atoms with van der Waals surface area (Å²) in [5, 5.41) is 3.76. The highest BCUT2D eigenvalue weighted by atomic mass is 15.2. The Morgan fingerprint density at radius 1 is 1.17 bits per heavy atom. The number of hydrogen-bond acceptors (Lipinski definition) is 2. The molecule has 3 atom stereocenters. The molecule has 0 aromatic heterocycles. The minimum absolute atomic E-state index is 0.744. The second-order valence-electron chi connectivity index (χ2n) is 6.68. The summed E-state index contributed by atoms with van der Waals surface area (Å²) in [5.74, 6) is 1.87. The largest absolute Gasteiger partial charge is 0.313 e. The Labute approximate surface area is 114 Å². The molecule has 1 heterocycles. The van der Waals surface area contributed by atoms with E-state index in [2.05, 4.69) is 31.0 Å². The van der Waals surface area contributed by atoms with E-state index in [9.17, 15) is 0 Å². The van der Waals surface area contributed by atoms with E-state index in [1.807, 2.05) is 0 Å². The molecule has 2 heteroatoms. The van der Waals surface area contributed by atoms with E-state index in [-0.39, 0.29) is 0 Å². The third-order valence-corrected chi connectivity index (χ3v) is 5.14. The quantitative estimate of drug-likeness (QED) is 0.808. The van der Waals surface area contributed by atoms with Crippen LogP contribution >= 0.6 is 0 Å². The molecule has 2 aliphatic rings. The normalized spacial score (nSPS) is 32.8. The lowest BCUT2D eigenvalue weighted by molar-refractivity contribution is 0.105. The molecule has 0 aromatic rings. The van der Waals surface area contributed by atoms with E-state index < -0.39 is 0 Å². The first kappa shape index (κ1) is 14.3. The molecule has 0 radical (unpaired) electrons. The Bertz CT molecular complexity index is 235. The molecule has 1 saturated carbocycles. The first-order valence-corrected chi connectivity index (χ1v) is 8.18. The van der Waals surface area contributed by atoms with Gasteiger partial charge in [-0.2, -0.15) is 0 Å². The van der Waals surface area contributed by atoms with Crippen molar-refractivity contribution in [1.29, 1.82) is 0 Å². The molecule has 106 valence electrons. The standard InChI is InChI=1S/C16H32N2/c1-4-17-16(15-7-5-6-8-15)12-18-10-9-13(2)11-14(18)3/h13-17H,4-12H2,1-3H3. The maximum Gasteiger partial charge on any atom is 0.0223 e. The van der Waals surface area contributed by atoms with Gasteiger partial charge in [0, 0.05) is 18.6 Å². The predicted molar refractivity (Wildman–Crippen MR) is 78.9 cm³/mol. The van der Waals surface area contributed by atoms with Crippen molar-refractivity contribution in [3.05, 3.63) is 0 Å². The summed E-state index contributed by atoms with van der Waals surface area (Å²) >= 11 is 0.